The van der Waals surface area contributed by atoms with Gasteiger partial charge in [0.05, 0.1) is 5.56 Å². The molecule has 1 fully saturated rings. The average Bonchev–Trinajstić information content (AvgIpc) is 2.46. The van der Waals surface area contributed by atoms with Crippen molar-refractivity contribution < 1.29 is 18.3 Å². The van der Waals surface area contributed by atoms with Crippen LogP contribution in [0.2, 0.25) is 0 Å². The van der Waals surface area contributed by atoms with Gasteiger partial charge in [0.1, 0.15) is 5.75 Å². The number of hydrogen-bond donors (Lipinski definition) is 0. The molecule has 1 amide bonds. The average molecular weight is 298 g/mol. The fourth-order valence-corrected chi connectivity index (χ4v) is 2.45. The zero-order chi connectivity index (χ0) is 15.4. The molecule has 1 heterocycles. The number of halogens is 2. The first-order valence-corrected chi connectivity index (χ1v) is 7.06. The predicted molar refractivity (Wildman–Crippen MR) is 75.7 cm³/mol. The van der Waals surface area contributed by atoms with Crippen LogP contribution in [0.3, 0.4) is 0 Å². The summed E-state index contributed by atoms with van der Waals surface area (Å²) in [4.78, 5) is 16.4. The number of rotatable bonds is 4. The van der Waals surface area contributed by atoms with E-state index < -0.39 is 6.61 Å². The van der Waals surface area contributed by atoms with Crippen molar-refractivity contribution in [1.82, 2.24) is 9.80 Å². The van der Waals surface area contributed by atoms with Gasteiger partial charge in [-0.25, -0.2) is 0 Å². The first-order chi connectivity index (χ1) is 9.99. The first kappa shape index (κ1) is 15.7. The maximum atomic E-state index is 12.5. The molecular formula is C15H20F2N2O2. The summed E-state index contributed by atoms with van der Waals surface area (Å²) >= 11 is 0. The third kappa shape index (κ3) is 3.91. The molecule has 0 spiro atoms. The van der Waals surface area contributed by atoms with Crippen LogP contribution in [0.25, 0.3) is 0 Å². The molecule has 21 heavy (non-hydrogen) atoms. The monoisotopic (exact) mass is 298 g/mol. The summed E-state index contributed by atoms with van der Waals surface area (Å²) in [6, 6.07) is 6.58. The Labute approximate surface area is 123 Å². The summed E-state index contributed by atoms with van der Waals surface area (Å²) < 4.78 is 29.2. The Morgan fingerprint density at radius 3 is 2.33 bits per heavy atom. The van der Waals surface area contributed by atoms with E-state index in [9.17, 15) is 13.6 Å². The van der Waals surface area contributed by atoms with E-state index in [4.69, 9.17) is 0 Å². The molecule has 1 aliphatic rings. The van der Waals surface area contributed by atoms with Gasteiger partial charge in [-0.15, -0.1) is 0 Å². The highest BCUT2D eigenvalue weighted by atomic mass is 19.3. The topological polar surface area (TPSA) is 32.8 Å². The summed E-state index contributed by atoms with van der Waals surface area (Å²) in [6.45, 7) is 4.08. The molecule has 1 aliphatic heterocycles. The molecule has 2 rings (SSSR count). The van der Waals surface area contributed by atoms with Crippen LogP contribution >= 0.6 is 0 Å². The van der Waals surface area contributed by atoms with E-state index in [-0.39, 0.29) is 17.2 Å². The maximum absolute atomic E-state index is 12.5. The molecular weight excluding hydrogens is 278 g/mol. The molecule has 0 saturated carbocycles. The number of carbonyl (C=O) groups excluding carboxylic acids is 1. The molecule has 1 aromatic carbocycles. The lowest BCUT2D eigenvalue weighted by Gasteiger charge is -2.37. The van der Waals surface area contributed by atoms with Crippen LogP contribution in [0.4, 0.5) is 8.78 Å². The van der Waals surface area contributed by atoms with E-state index in [0.717, 1.165) is 13.1 Å². The Hall–Kier alpha value is -1.69. The van der Waals surface area contributed by atoms with Crippen LogP contribution in [0.15, 0.2) is 24.3 Å². The Kier molecular flexibility index (Phi) is 5.12. The van der Waals surface area contributed by atoms with Crippen LogP contribution in [0, 0.1) is 0 Å². The molecule has 1 aromatic rings. The molecule has 0 radical (unpaired) electrons. The number of nitrogens with zero attached hydrogens (tertiary/aromatic N) is 2. The molecule has 0 aliphatic carbocycles. The van der Waals surface area contributed by atoms with Crippen LogP contribution in [0.1, 0.15) is 24.2 Å². The van der Waals surface area contributed by atoms with Crippen LogP contribution in [-0.4, -0.2) is 54.5 Å². The van der Waals surface area contributed by atoms with Crippen molar-refractivity contribution in [1.29, 1.82) is 0 Å². The lowest BCUT2D eigenvalue weighted by atomic mass is 10.1. The van der Waals surface area contributed by atoms with Crippen molar-refractivity contribution in [2.24, 2.45) is 0 Å². The second-order valence-electron chi connectivity index (χ2n) is 5.30. The van der Waals surface area contributed by atoms with Gasteiger partial charge in [0.25, 0.3) is 5.91 Å². The first-order valence-electron chi connectivity index (χ1n) is 7.06. The molecule has 0 unspecified atom stereocenters. The van der Waals surface area contributed by atoms with Crippen LogP contribution < -0.4 is 4.74 Å². The standard InChI is InChI=1S/C15H20F2N2O2/c1-11(2)18-7-9-19(10-8-18)14(20)12-5-3-4-6-13(12)21-15(16)17/h3-6,11,15H,7-10H2,1-2H3. The maximum Gasteiger partial charge on any atom is 0.387 e. The molecule has 6 heteroatoms. The van der Waals surface area contributed by atoms with Gasteiger partial charge in [-0.05, 0) is 26.0 Å². The molecule has 0 atom stereocenters. The number of amides is 1. The number of hydrogen-bond acceptors (Lipinski definition) is 3. The summed E-state index contributed by atoms with van der Waals surface area (Å²) in [5, 5.41) is 0. The van der Waals surface area contributed by atoms with Crippen molar-refractivity contribution in [2.45, 2.75) is 26.5 Å². The number of carbonyl (C=O) groups is 1. The lowest BCUT2D eigenvalue weighted by Crippen LogP contribution is -2.50. The summed E-state index contributed by atoms with van der Waals surface area (Å²) in [7, 11) is 0. The SMILES string of the molecule is CC(C)N1CCN(C(=O)c2ccccc2OC(F)F)CC1. The Morgan fingerprint density at radius 1 is 1.14 bits per heavy atom. The van der Waals surface area contributed by atoms with Gasteiger partial charge >= 0.3 is 6.61 Å². The molecule has 1 saturated heterocycles. The third-order valence-electron chi connectivity index (χ3n) is 3.67. The normalized spacial score (nSPS) is 16.6. The highest BCUT2D eigenvalue weighted by Crippen LogP contribution is 2.22. The molecule has 0 bridgehead atoms. The van der Waals surface area contributed by atoms with E-state index in [1.165, 1.54) is 12.1 Å². The van der Waals surface area contributed by atoms with E-state index in [1.54, 1.807) is 17.0 Å². The minimum atomic E-state index is -2.93. The van der Waals surface area contributed by atoms with Crippen molar-refractivity contribution >= 4 is 5.91 Å². The minimum absolute atomic E-state index is 0.0659. The van der Waals surface area contributed by atoms with E-state index in [2.05, 4.69) is 23.5 Å². The van der Waals surface area contributed by atoms with Crippen LogP contribution in [0.5, 0.6) is 5.75 Å². The van der Waals surface area contributed by atoms with Crippen molar-refractivity contribution in [3.63, 3.8) is 0 Å². The summed E-state index contributed by atoms with van der Waals surface area (Å²) in [6.07, 6.45) is 0. The van der Waals surface area contributed by atoms with Crippen molar-refractivity contribution in [2.75, 3.05) is 26.2 Å². The number of ether oxygens (including phenoxy) is 1. The van der Waals surface area contributed by atoms with Gasteiger partial charge in [0.2, 0.25) is 0 Å². The van der Waals surface area contributed by atoms with Gasteiger partial charge < -0.3 is 9.64 Å². The second kappa shape index (κ2) is 6.85. The lowest BCUT2D eigenvalue weighted by molar-refractivity contribution is -0.0503. The van der Waals surface area contributed by atoms with E-state index in [1.807, 2.05) is 0 Å². The van der Waals surface area contributed by atoms with Gasteiger partial charge in [-0.1, -0.05) is 12.1 Å². The third-order valence-corrected chi connectivity index (χ3v) is 3.67. The van der Waals surface area contributed by atoms with E-state index in [0.29, 0.717) is 19.1 Å². The molecule has 4 nitrogen and oxygen atoms in total. The predicted octanol–water partition coefficient (Wildman–Crippen LogP) is 2.45. The number of piperazine rings is 1. The highest BCUT2D eigenvalue weighted by molar-refractivity contribution is 5.97. The van der Waals surface area contributed by atoms with Gasteiger partial charge in [0, 0.05) is 32.2 Å². The zero-order valence-electron chi connectivity index (χ0n) is 12.3. The fourth-order valence-electron chi connectivity index (χ4n) is 2.45. The molecule has 0 N–H and O–H groups in total. The quantitative estimate of drug-likeness (QED) is 0.856. The highest BCUT2D eigenvalue weighted by Gasteiger charge is 2.25. The minimum Gasteiger partial charge on any atom is -0.434 e. The Balaban J connectivity index is 2.07. The Bertz CT molecular complexity index is 486. The van der Waals surface area contributed by atoms with E-state index >= 15 is 0 Å². The molecule has 116 valence electrons. The number of para-hydroxylation sites is 1. The smallest absolute Gasteiger partial charge is 0.387 e. The zero-order valence-corrected chi connectivity index (χ0v) is 12.3. The van der Waals surface area contributed by atoms with Gasteiger partial charge in [0.15, 0.2) is 0 Å². The van der Waals surface area contributed by atoms with Crippen molar-refractivity contribution in [3.8, 4) is 5.75 Å². The van der Waals surface area contributed by atoms with Crippen molar-refractivity contribution in [3.05, 3.63) is 29.8 Å². The Morgan fingerprint density at radius 2 is 1.76 bits per heavy atom. The summed E-state index contributed by atoms with van der Waals surface area (Å²) in [5.74, 6) is -0.321. The number of alkyl halides is 2. The fraction of sp³-hybridized carbons (Fsp3) is 0.533. The second-order valence-corrected chi connectivity index (χ2v) is 5.30. The van der Waals surface area contributed by atoms with Crippen LogP contribution in [-0.2, 0) is 0 Å². The molecule has 0 aromatic heterocycles. The van der Waals surface area contributed by atoms with Gasteiger partial charge in [-0.3, -0.25) is 9.69 Å². The van der Waals surface area contributed by atoms with Gasteiger partial charge in [-0.2, -0.15) is 8.78 Å². The number of benzene rings is 1. The summed E-state index contributed by atoms with van der Waals surface area (Å²) in [5.41, 5.74) is 0.191. The largest absolute Gasteiger partial charge is 0.434 e.